The number of aldehydes is 1. The Morgan fingerprint density at radius 2 is 1.85 bits per heavy atom. The SMILES string of the molecule is CC.CC.O=Cc1cnccc1Cc1cccc(F)c1. The lowest BCUT2D eigenvalue weighted by Gasteiger charge is -2.04. The molecule has 2 nitrogen and oxygen atoms in total. The first-order valence-corrected chi connectivity index (χ1v) is 6.92. The van der Waals surface area contributed by atoms with Crippen molar-refractivity contribution in [2.75, 3.05) is 0 Å². The van der Waals surface area contributed by atoms with E-state index in [0.29, 0.717) is 12.0 Å². The van der Waals surface area contributed by atoms with Gasteiger partial charge in [-0.3, -0.25) is 9.78 Å². The van der Waals surface area contributed by atoms with Crippen LogP contribution in [0, 0.1) is 5.82 Å². The second-order valence-electron chi connectivity index (χ2n) is 3.50. The summed E-state index contributed by atoms with van der Waals surface area (Å²) in [4.78, 5) is 14.6. The van der Waals surface area contributed by atoms with E-state index in [-0.39, 0.29) is 5.82 Å². The molecular formula is C17H22FNO. The Bertz CT molecular complexity index is 512. The predicted molar refractivity (Wildman–Crippen MR) is 81.5 cm³/mol. The van der Waals surface area contributed by atoms with Gasteiger partial charge in [-0.25, -0.2) is 4.39 Å². The van der Waals surface area contributed by atoms with E-state index in [0.717, 1.165) is 17.4 Å². The summed E-state index contributed by atoms with van der Waals surface area (Å²) in [6.07, 6.45) is 4.44. The maximum absolute atomic E-state index is 13.0. The molecule has 0 aliphatic heterocycles. The summed E-state index contributed by atoms with van der Waals surface area (Å²) in [6, 6.07) is 8.13. The Labute approximate surface area is 120 Å². The molecule has 0 fully saturated rings. The van der Waals surface area contributed by atoms with Gasteiger partial charge in [-0.1, -0.05) is 39.8 Å². The molecule has 0 saturated carbocycles. The van der Waals surface area contributed by atoms with Crippen LogP contribution in [0.25, 0.3) is 0 Å². The van der Waals surface area contributed by atoms with Gasteiger partial charge in [0.1, 0.15) is 5.82 Å². The number of hydrogen-bond donors (Lipinski definition) is 0. The normalized spacial score (nSPS) is 8.65. The molecule has 0 aliphatic rings. The monoisotopic (exact) mass is 275 g/mol. The summed E-state index contributed by atoms with van der Waals surface area (Å²) in [7, 11) is 0. The molecular weight excluding hydrogens is 253 g/mol. The second kappa shape index (κ2) is 10.9. The van der Waals surface area contributed by atoms with Crippen LogP contribution in [0.3, 0.4) is 0 Å². The number of halogens is 1. The van der Waals surface area contributed by atoms with Gasteiger partial charge >= 0.3 is 0 Å². The van der Waals surface area contributed by atoms with E-state index in [2.05, 4.69) is 4.98 Å². The molecule has 1 aromatic carbocycles. The van der Waals surface area contributed by atoms with Gasteiger partial charge in [0, 0.05) is 18.0 Å². The van der Waals surface area contributed by atoms with Gasteiger partial charge in [0.05, 0.1) is 0 Å². The Morgan fingerprint density at radius 1 is 1.15 bits per heavy atom. The van der Waals surface area contributed by atoms with Gasteiger partial charge in [0.25, 0.3) is 0 Å². The number of nitrogens with zero attached hydrogens (tertiary/aromatic N) is 1. The Morgan fingerprint density at radius 3 is 2.45 bits per heavy atom. The highest BCUT2D eigenvalue weighted by Crippen LogP contribution is 2.12. The molecule has 1 aromatic heterocycles. The Balaban J connectivity index is 0.000000829. The zero-order valence-corrected chi connectivity index (χ0v) is 12.6. The Kier molecular flexibility index (Phi) is 9.75. The van der Waals surface area contributed by atoms with E-state index in [1.54, 1.807) is 18.3 Å². The summed E-state index contributed by atoms with van der Waals surface area (Å²) in [5.74, 6) is -0.265. The summed E-state index contributed by atoms with van der Waals surface area (Å²) < 4.78 is 13.0. The lowest BCUT2D eigenvalue weighted by atomic mass is 10.0. The van der Waals surface area contributed by atoms with E-state index in [4.69, 9.17) is 0 Å². The van der Waals surface area contributed by atoms with Crippen molar-refractivity contribution in [3.8, 4) is 0 Å². The fourth-order valence-corrected chi connectivity index (χ4v) is 1.57. The molecule has 20 heavy (non-hydrogen) atoms. The molecule has 0 unspecified atom stereocenters. The average Bonchev–Trinajstić information content (AvgIpc) is 2.52. The third-order valence-electron chi connectivity index (χ3n) is 2.36. The number of rotatable bonds is 3. The number of carbonyl (C=O) groups is 1. The highest BCUT2D eigenvalue weighted by molar-refractivity contribution is 5.76. The molecule has 108 valence electrons. The van der Waals surface area contributed by atoms with E-state index in [9.17, 15) is 9.18 Å². The van der Waals surface area contributed by atoms with Gasteiger partial charge in [0.15, 0.2) is 6.29 Å². The van der Waals surface area contributed by atoms with Crippen molar-refractivity contribution in [3.63, 3.8) is 0 Å². The second-order valence-corrected chi connectivity index (χ2v) is 3.50. The standard InChI is InChI=1S/C13H10FNO.2C2H6/c14-13-3-1-2-10(7-13)6-11-4-5-15-8-12(11)9-16;2*1-2/h1-5,7-9H,6H2;2*1-2H3. The quantitative estimate of drug-likeness (QED) is 0.761. The van der Waals surface area contributed by atoms with Crippen molar-refractivity contribution < 1.29 is 9.18 Å². The highest BCUT2D eigenvalue weighted by atomic mass is 19.1. The molecule has 2 rings (SSSR count). The first-order chi connectivity index (χ1) is 9.79. The predicted octanol–water partition coefficient (Wildman–Crippen LogP) is 4.68. The minimum absolute atomic E-state index is 0.265. The number of pyridine rings is 1. The molecule has 0 radical (unpaired) electrons. The van der Waals surface area contributed by atoms with Gasteiger partial charge in [-0.05, 0) is 35.7 Å². The molecule has 1 heterocycles. The molecule has 0 N–H and O–H groups in total. The van der Waals surface area contributed by atoms with Crippen molar-refractivity contribution in [2.45, 2.75) is 34.1 Å². The minimum Gasteiger partial charge on any atom is -0.298 e. The zero-order valence-electron chi connectivity index (χ0n) is 12.6. The summed E-state index contributed by atoms with van der Waals surface area (Å²) in [5, 5.41) is 0. The maximum Gasteiger partial charge on any atom is 0.151 e. The fourth-order valence-electron chi connectivity index (χ4n) is 1.57. The summed E-state index contributed by atoms with van der Waals surface area (Å²) >= 11 is 0. The van der Waals surface area contributed by atoms with Crippen LogP contribution in [-0.4, -0.2) is 11.3 Å². The van der Waals surface area contributed by atoms with Gasteiger partial charge in [-0.15, -0.1) is 0 Å². The highest BCUT2D eigenvalue weighted by Gasteiger charge is 2.03. The first kappa shape index (κ1) is 18.0. The third-order valence-corrected chi connectivity index (χ3v) is 2.36. The summed E-state index contributed by atoms with van der Waals surface area (Å²) in [6.45, 7) is 8.00. The number of hydrogen-bond acceptors (Lipinski definition) is 2. The molecule has 0 saturated heterocycles. The van der Waals surface area contributed by atoms with E-state index >= 15 is 0 Å². The van der Waals surface area contributed by atoms with Crippen molar-refractivity contribution in [2.24, 2.45) is 0 Å². The van der Waals surface area contributed by atoms with Crippen LogP contribution in [0.5, 0.6) is 0 Å². The van der Waals surface area contributed by atoms with Crippen LogP contribution in [-0.2, 0) is 6.42 Å². The van der Waals surface area contributed by atoms with Crippen LogP contribution < -0.4 is 0 Å². The number of aromatic nitrogens is 1. The third kappa shape index (κ3) is 5.74. The number of benzene rings is 1. The van der Waals surface area contributed by atoms with Crippen molar-refractivity contribution in [3.05, 3.63) is 65.2 Å². The molecule has 3 heteroatoms. The van der Waals surface area contributed by atoms with Gasteiger partial charge in [0.2, 0.25) is 0 Å². The largest absolute Gasteiger partial charge is 0.298 e. The average molecular weight is 275 g/mol. The topological polar surface area (TPSA) is 30.0 Å². The first-order valence-electron chi connectivity index (χ1n) is 6.92. The van der Waals surface area contributed by atoms with Crippen molar-refractivity contribution in [1.29, 1.82) is 0 Å². The lowest BCUT2D eigenvalue weighted by Crippen LogP contribution is -1.95. The number of carbonyl (C=O) groups excluding carboxylic acids is 1. The lowest BCUT2D eigenvalue weighted by molar-refractivity contribution is 0.112. The molecule has 0 spiro atoms. The minimum atomic E-state index is -0.265. The van der Waals surface area contributed by atoms with E-state index < -0.39 is 0 Å². The van der Waals surface area contributed by atoms with Crippen molar-refractivity contribution >= 4 is 6.29 Å². The molecule has 0 atom stereocenters. The van der Waals surface area contributed by atoms with Crippen LogP contribution >= 0.6 is 0 Å². The molecule has 0 aliphatic carbocycles. The van der Waals surface area contributed by atoms with Crippen LogP contribution in [0.15, 0.2) is 42.7 Å². The molecule has 0 amide bonds. The van der Waals surface area contributed by atoms with Crippen LogP contribution in [0.4, 0.5) is 4.39 Å². The van der Waals surface area contributed by atoms with Crippen LogP contribution in [0.2, 0.25) is 0 Å². The van der Waals surface area contributed by atoms with Gasteiger partial charge < -0.3 is 0 Å². The smallest absolute Gasteiger partial charge is 0.151 e. The zero-order chi connectivity index (χ0) is 15.4. The van der Waals surface area contributed by atoms with E-state index in [1.165, 1.54) is 18.3 Å². The van der Waals surface area contributed by atoms with E-state index in [1.807, 2.05) is 33.8 Å². The van der Waals surface area contributed by atoms with Crippen molar-refractivity contribution in [1.82, 2.24) is 4.98 Å². The summed E-state index contributed by atoms with van der Waals surface area (Å²) in [5.41, 5.74) is 2.25. The maximum atomic E-state index is 13.0. The van der Waals surface area contributed by atoms with Gasteiger partial charge in [-0.2, -0.15) is 0 Å². The molecule has 0 bridgehead atoms. The molecule has 2 aromatic rings. The Hall–Kier alpha value is -2.03. The van der Waals surface area contributed by atoms with Crippen LogP contribution in [0.1, 0.15) is 49.2 Å². The fraction of sp³-hybridized carbons (Fsp3) is 0.294.